The van der Waals surface area contributed by atoms with Gasteiger partial charge in [-0.3, -0.25) is 19.8 Å². The summed E-state index contributed by atoms with van der Waals surface area (Å²) < 4.78 is 6.20. The van der Waals surface area contributed by atoms with Crippen LogP contribution in [0, 0.1) is 11.8 Å². The average molecular weight is 475 g/mol. The topological polar surface area (TPSA) is 95.0 Å². The first-order chi connectivity index (χ1) is 17.1. The van der Waals surface area contributed by atoms with Crippen LogP contribution in [0.4, 0.5) is 5.69 Å². The van der Waals surface area contributed by atoms with Gasteiger partial charge in [0, 0.05) is 43.4 Å². The first-order valence-electron chi connectivity index (χ1n) is 12.2. The molecule has 0 spiro atoms. The molecule has 1 aliphatic heterocycles. The lowest BCUT2D eigenvalue weighted by Crippen LogP contribution is -2.53. The molecular formula is C27H30N4O4. The maximum atomic E-state index is 13.4. The van der Waals surface area contributed by atoms with Crippen molar-refractivity contribution in [1.29, 1.82) is 0 Å². The molecule has 3 aromatic rings. The Morgan fingerprint density at radius 3 is 2.51 bits per heavy atom. The number of anilines is 1. The van der Waals surface area contributed by atoms with Crippen LogP contribution in [0.3, 0.4) is 0 Å². The highest BCUT2D eigenvalue weighted by molar-refractivity contribution is 5.87. The van der Waals surface area contributed by atoms with Crippen LogP contribution in [-0.4, -0.2) is 59.2 Å². The van der Waals surface area contributed by atoms with E-state index in [4.69, 9.17) is 4.74 Å². The summed E-state index contributed by atoms with van der Waals surface area (Å²) in [7, 11) is 0. The third-order valence-corrected chi connectivity index (χ3v) is 7.16. The van der Waals surface area contributed by atoms with Gasteiger partial charge in [0.2, 0.25) is 11.8 Å². The highest BCUT2D eigenvalue weighted by Crippen LogP contribution is 2.35. The van der Waals surface area contributed by atoms with E-state index < -0.39 is 17.7 Å². The SMILES string of the molecule is O=C(NO)C1CC(Oc2ccc3ncccc3c2)CCC1C(=O)N1CCN(c2ccccc2)CC1. The second-order valence-corrected chi connectivity index (χ2v) is 9.25. The van der Waals surface area contributed by atoms with Gasteiger partial charge < -0.3 is 14.5 Å². The highest BCUT2D eigenvalue weighted by atomic mass is 16.5. The van der Waals surface area contributed by atoms with E-state index in [9.17, 15) is 14.8 Å². The molecule has 1 aromatic heterocycles. The predicted molar refractivity (Wildman–Crippen MR) is 132 cm³/mol. The number of benzene rings is 2. The van der Waals surface area contributed by atoms with Gasteiger partial charge in [0.25, 0.3) is 0 Å². The van der Waals surface area contributed by atoms with E-state index in [0.717, 1.165) is 29.7 Å². The molecule has 2 heterocycles. The molecule has 35 heavy (non-hydrogen) atoms. The minimum absolute atomic E-state index is 0.0125. The second kappa shape index (κ2) is 10.3. The van der Waals surface area contributed by atoms with E-state index in [2.05, 4.69) is 22.0 Å². The van der Waals surface area contributed by atoms with E-state index in [1.807, 2.05) is 53.4 Å². The molecule has 8 nitrogen and oxygen atoms in total. The Bertz CT molecular complexity index is 1180. The van der Waals surface area contributed by atoms with Crippen molar-refractivity contribution in [2.24, 2.45) is 11.8 Å². The number of hydrogen-bond donors (Lipinski definition) is 2. The maximum Gasteiger partial charge on any atom is 0.247 e. The van der Waals surface area contributed by atoms with Crippen molar-refractivity contribution in [3.63, 3.8) is 0 Å². The fraction of sp³-hybridized carbons (Fsp3) is 0.370. The van der Waals surface area contributed by atoms with Crippen LogP contribution in [0.5, 0.6) is 5.75 Å². The molecule has 2 aliphatic rings. The summed E-state index contributed by atoms with van der Waals surface area (Å²) in [5, 5.41) is 10.4. The van der Waals surface area contributed by atoms with Gasteiger partial charge in [-0.2, -0.15) is 0 Å². The zero-order valence-electron chi connectivity index (χ0n) is 19.5. The van der Waals surface area contributed by atoms with Crippen molar-refractivity contribution in [2.75, 3.05) is 31.1 Å². The molecule has 2 aromatic carbocycles. The molecule has 2 fully saturated rings. The normalized spacial score (nSPS) is 22.6. The zero-order chi connectivity index (χ0) is 24.2. The van der Waals surface area contributed by atoms with E-state index in [-0.39, 0.29) is 12.0 Å². The molecule has 2 N–H and O–H groups in total. The van der Waals surface area contributed by atoms with Gasteiger partial charge in [0.15, 0.2) is 0 Å². The fourth-order valence-electron chi connectivity index (χ4n) is 5.29. The van der Waals surface area contributed by atoms with Crippen LogP contribution in [0.15, 0.2) is 66.9 Å². The molecular weight excluding hydrogens is 444 g/mol. The minimum Gasteiger partial charge on any atom is -0.490 e. The number of piperazine rings is 1. The molecule has 2 amide bonds. The van der Waals surface area contributed by atoms with Crippen LogP contribution >= 0.6 is 0 Å². The monoisotopic (exact) mass is 474 g/mol. The van der Waals surface area contributed by atoms with Crippen molar-refractivity contribution in [2.45, 2.75) is 25.4 Å². The number of rotatable bonds is 5. The molecule has 0 bridgehead atoms. The van der Waals surface area contributed by atoms with Crippen molar-refractivity contribution < 1.29 is 19.5 Å². The third kappa shape index (κ3) is 5.07. The van der Waals surface area contributed by atoms with Crippen LogP contribution < -0.4 is 15.1 Å². The van der Waals surface area contributed by atoms with Crippen molar-refractivity contribution in [3.05, 3.63) is 66.9 Å². The number of amides is 2. The summed E-state index contributed by atoms with van der Waals surface area (Å²) >= 11 is 0. The summed E-state index contributed by atoms with van der Waals surface area (Å²) in [6, 6.07) is 19.8. The molecule has 5 rings (SSSR count). The predicted octanol–water partition coefficient (Wildman–Crippen LogP) is 3.25. The number of fused-ring (bicyclic) bond motifs is 1. The van der Waals surface area contributed by atoms with Gasteiger partial charge in [-0.25, -0.2) is 5.48 Å². The Morgan fingerprint density at radius 1 is 0.943 bits per heavy atom. The largest absolute Gasteiger partial charge is 0.490 e. The summed E-state index contributed by atoms with van der Waals surface area (Å²) in [5.41, 5.74) is 3.82. The minimum atomic E-state index is -0.638. The van der Waals surface area contributed by atoms with Crippen LogP contribution in [0.1, 0.15) is 19.3 Å². The molecule has 1 saturated carbocycles. The lowest BCUT2D eigenvalue weighted by molar-refractivity contribution is -0.148. The first-order valence-corrected chi connectivity index (χ1v) is 12.2. The van der Waals surface area contributed by atoms with Gasteiger partial charge >= 0.3 is 0 Å². The first kappa shape index (κ1) is 23.1. The number of carbonyl (C=O) groups excluding carboxylic acids is 2. The Balaban J connectivity index is 1.23. The molecule has 1 aliphatic carbocycles. The lowest BCUT2D eigenvalue weighted by Gasteiger charge is -2.40. The van der Waals surface area contributed by atoms with Gasteiger partial charge in [-0.1, -0.05) is 24.3 Å². The van der Waals surface area contributed by atoms with E-state index in [0.29, 0.717) is 38.1 Å². The summed E-state index contributed by atoms with van der Waals surface area (Å²) in [6.45, 7) is 2.73. The van der Waals surface area contributed by atoms with Crippen molar-refractivity contribution in [1.82, 2.24) is 15.4 Å². The molecule has 8 heteroatoms. The Morgan fingerprint density at radius 2 is 1.74 bits per heavy atom. The van der Waals surface area contributed by atoms with Gasteiger partial charge in [-0.05, 0) is 55.7 Å². The van der Waals surface area contributed by atoms with Crippen molar-refractivity contribution >= 4 is 28.4 Å². The standard InChI is InChI=1S/C27H30N4O4/c32-26(29-34)24-18-22(35-21-9-11-25-19(17-21)5-4-12-28-25)8-10-23(24)27(33)31-15-13-30(14-16-31)20-6-2-1-3-7-20/h1-7,9,11-12,17,22-24,34H,8,10,13-16,18H2,(H,29,32). The quantitative estimate of drug-likeness (QED) is 0.436. The summed E-state index contributed by atoms with van der Waals surface area (Å²) in [5.74, 6) is -0.934. The highest BCUT2D eigenvalue weighted by Gasteiger charge is 2.42. The number of aromatic nitrogens is 1. The third-order valence-electron chi connectivity index (χ3n) is 7.16. The number of hydroxylamine groups is 1. The zero-order valence-corrected chi connectivity index (χ0v) is 19.5. The van der Waals surface area contributed by atoms with Crippen LogP contribution in [0.2, 0.25) is 0 Å². The van der Waals surface area contributed by atoms with Crippen LogP contribution in [-0.2, 0) is 9.59 Å². The van der Waals surface area contributed by atoms with Gasteiger partial charge in [0.05, 0.1) is 23.5 Å². The Kier molecular flexibility index (Phi) is 6.81. The van der Waals surface area contributed by atoms with Crippen LogP contribution in [0.25, 0.3) is 10.9 Å². The molecule has 0 radical (unpaired) electrons. The fourth-order valence-corrected chi connectivity index (χ4v) is 5.29. The lowest BCUT2D eigenvalue weighted by atomic mass is 9.76. The maximum absolute atomic E-state index is 13.4. The number of nitrogens with zero attached hydrogens (tertiary/aromatic N) is 3. The second-order valence-electron chi connectivity index (χ2n) is 9.25. The number of nitrogens with one attached hydrogen (secondary N) is 1. The number of hydrogen-bond acceptors (Lipinski definition) is 6. The Hall–Kier alpha value is -3.65. The number of para-hydroxylation sites is 1. The van der Waals surface area contributed by atoms with Gasteiger partial charge in [0.1, 0.15) is 5.75 Å². The van der Waals surface area contributed by atoms with E-state index >= 15 is 0 Å². The number of pyridine rings is 1. The Labute approximate surface area is 204 Å². The molecule has 1 saturated heterocycles. The van der Waals surface area contributed by atoms with E-state index in [1.165, 1.54) is 0 Å². The molecule has 3 unspecified atom stereocenters. The van der Waals surface area contributed by atoms with E-state index in [1.54, 1.807) is 11.7 Å². The molecule has 182 valence electrons. The average Bonchev–Trinajstić information content (AvgIpc) is 2.92. The summed E-state index contributed by atoms with van der Waals surface area (Å²) in [6.07, 6.45) is 3.11. The van der Waals surface area contributed by atoms with Gasteiger partial charge in [-0.15, -0.1) is 0 Å². The molecule has 3 atom stereocenters. The smallest absolute Gasteiger partial charge is 0.247 e. The summed E-state index contributed by atoms with van der Waals surface area (Å²) in [4.78, 5) is 34.5. The number of ether oxygens (including phenoxy) is 1. The van der Waals surface area contributed by atoms with Crippen molar-refractivity contribution in [3.8, 4) is 5.75 Å². The number of carbonyl (C=O) groups is 2.